The van der Waals surface area contributed by atoms with Crippen LogP contribution < -0.4 is 5.32 Å². The first-order chi connectivity index (χ1) is 14.6. The smallest absolute Gasteiger partial charge is 0.274 e. The van der Waals surface area contributed by atoms with Gasteiger partial charge in [-0.05, 0) is 43.2 Å². The molecule has 3 aliphatic heterocycles. The summed E-state index contributed by atoms with van der Waals surface area (Å²) < 4.78 is 10.5. The fourth-order valence-corrected chi connectivity index (χ4v) is 5.39. The van der Waals surface area contributed by atoms with Crippen LogP contribution in [-0.4, -0.2) is 50.5 Å². The van der Waals surface area contributed by atoms with Crippen molar-refractivity contribution in [2.45, 2.75) is 30.4 Å². The maximum atomic E-state index is 12.8. The molecule has 1 atom stereocenters. The van der Waals surface area contributed by atoms with Gasteiger partial charge in [-0.15, -0.1) is 0 Å². The van der Waals surface area contributed by atoms with Crippen LogP contribution in [0.5, 0.6) is 0 Å². The quantitative estimate of drug-likeness (QED) is 0.679. The highest BCUT2D eigenvalue weighted by atomic mass is 16.5. The summed E-state index contributed by atoms with van der Waals surface area (Å²) in [5.41, 5.74) is 3.66. The molecule has 30 heavy (non-hydrogen) atoms. The number of amides is 1. The first-order valence-electron chi connectivity index (χ1n) is 10.6. The van der Waals surface area contributed by atoms with Crippen molar-refractivity contribution < 1.29 is 9.53 Å². The maximum absolute atomic E-state index is 12.8. The molecule has 2 aromatic heterocycles. The Kier molecular flexibility index (Phi) is 3.68. The average molecular weight is 403 g/mol. The minimum atomic E-state index is -0.231. The molecule has 0 bridgehead atoms. The molecule has 7 nitrogen and oxygen atoms in total. The summed E-state index contributed by atoms with van der Waals surface area (Å²) in [4.78, 5) is 14.7. The molecule has 1 N–H and O–H groups in total. The molecular weight excluding hydrogens is 378 g/mol. The van der Waals surface area contributed by atoms with Crippen molar-refractivity contribution in [2.75, 3.05) is 25.0 Å². The van der Waals surface area contributed by atoms with E-state index in [1.165, 1.54) is 11.4 Å². The summed E-state index contributed by atoms with van der Waals surface area (Å²) in [5.74, 6) is 0.0109. The molecule has 1 unspecified atom stereocenters. The molecule has 0 radical (unpaired) electrons. The number of likely N-dealkylation sites (tertiary alicyclic amines) is 1. The predicted octanol–water partition coefficient (Wildman–Crippen LogP) is 2.93. The van der Waals surface area contributed by atoms with E-state index < -0.39 is 0 Å². The normalized spacial score (nSPS) is 24.0. The zero-order valence-electron chi connectivity index (χ0n) is 17.0. The molecular formula is C23H25N5O2. The number of carbonyl (C=O) groups excluding carboxylic acids is 1. The van der Waals surface area contributed by atoms with E-state index in [4.69, 9.17) is 4.74 Å². The molecule has 2 fully saturated rings. The van der Waals surface area contributed by atoms with Crippen molar-refractivity contribution in [3.05, 3.63) is 66.2 Å². The predicted molar refractivity (Wildman–Crippen MR) is 113 cm³/mol. The van der Waals surface area contributed by atoms with Gasteiger partial charge in [0.1, 0.15) is 11.2 Å². The SMILES string of the molecule is Cn1ccc(C(=O)N2CCC3(CC2)CC2(CO3)Nc3ccccc3-n3cccc32)n1. The lowest BCUT2D eigenvalue weighted by molar-refractivity contribution is -0.0393. The first kappa shape index (κ1) is 17.8. The van der Waals surface area contributed by atoms with E-state index in [0.29, 0.717) is 25.4 Å². The zero-order chi connectivity index (χ0) is 20.3. The third-order valence-electron chi connectivity index (χ3n) is 6.92. The number of piperidine rings is 1. The van der Waals surface area contributed by atoms with Gasteiger partial charge in [0.25, 0.3) is 5.91 Å². The van der Waals surface area contributed by atoms with Gasteiger partial charge in [-0.1, -0.05) is 12.1 Å². The Morgan fingerprint density at radius 2 is 1.93 bits per heavy atom. The number of nitrogens with zero attached hydrogens (tertiary/aromatic N) is 4. The molecule has 5 heterocycles. The number of fused-ring (bicyclic) bond motifs is 4. The van der Waals surface area contributed by atoms with E-state index in [1.807, 2.05) is 18.1 Å². The highest BCUT2D eigenvalue weighted by molar-refractivity contribution is 5.92. The third kappa shape index (κ3) is 2.55. The number of rotatable bonds is 1. The van der Waals surface area contributed by atoms with Crippen molar-refractivity contribution in [1.29, 1.82) is 0 Å². The van der Waals surface area contributed by atoms with E-state index in [2.05, 4.69) is 57.6 Å². The van der Waals surface area contributed by atoms with Gasteiger partial charge in [0, 0.05) is 39.0 Å². The summed E-state index contributed by atoms with van der Waals surface area (Å²) in [6.07, 6.45) is 6.54. The number of hydrogen-bond donors (Lipinski definition) is 1. The second-order valence-electron chi connectivity index (χ2n) is 8.80. The van der Waals surface area contributed by atoms with Crippen molar-refractivity contribution in [1.82, 2.24) is 19.2 Å². The van der Waals surface area contributed by atoms with E-state index >= 15 is 0 Å². The molecule has 2 spiro atoms. The van der Waals surface area contributed by atoms with Gasteiger partial charge in [0.15, 0.2) is 0 Å². The topological polar surface area (TPSA) is 64.3 Å². The second kappa shape index (κ2) is 6.22. The number of hydrogen-bond acceptors (Lipinski definition) is 4. The van der Waals surface area contributed by atoms with Crippen LogP contribution in [0.2, 0.25) is 0 Å². The average Bonchev–Trinajstić information content (AvgIpc) is 3.49. The molecule has 0 saturated carbocycles. The molecule has 3 aliphatic rings. The lowest BCUT2D eigenvalue weighted by atomic mass is 9.79. The van der Waals surface area contributed by atoms with Gasteiger partial charge in [-0.2, -0.15) is 5.10 Å². The van der Waals surface area contributed by atoms with Gasteiger partial charge >= 0.3 is 0 Å². The highest BCUT2D eigenvalue weighted by Gasteiger charge is 2.54. The minimum absolute atomic E-state index is 0.0109. The van der Waals surface area contributed by atoms with Crippen LogP contribution in [0, 0.1) is 0 Å². The fourth-order valence-electron chi connectivity index (χ4n) is 5.39. The maximum Gasteiger partial charge on any atom is 0.274 e. The largest absolute Gasteiger partial charge is 0.372 e. The van der Waals surface area contributed by atoms with Crippen LogP contribution in [0.3, 0.4) is 0 Å². The Labute approximate surface area is 175 Å². The van der Waals surface area contributed by atoms with Crippen molar-refractivity contribution in [3.8, 4) is 5.69 Å². The van der Waals surface area contributed by atoms with Crippen molar-refractivity contribution >= 4 is 11.6 Å². The number of ether oxygens (including phenoxy) is 1. The molecule has 7 heteroatoms. The molecule has 1 aromatic carbocycles. The van der Waals surface area contributed by atoms with E-state index in [1.54, 1.807) is 10.7 Å². The number of nitrogens with one attached hydrogen (secondary N) is 1. The number of aryl methyl sites for hydroxylation is 1. The standard InChI is InChI=1S/C23H25N5O2/c1-26-12-8-18(25-26)21(29)27-13-9-22(10-14-27)15-23(16-30-22)20-7-4-11-28(20)19-6-3-2-5-17(19)24-23/h2-8,11-12,24H,9-10,13-16H2,1H3. The lowest BCUT2D eigenvalue weighted by Crippen LogP contribution is -2.48. The number of carbonyl (C=O) groups is 1. The summed E-state index contributed by atoms with van der Waals surface area (Å²) in [5, 5.41) is 8.07. The van der Waals surface area contributed by atoms with Crippen LogP contribution in [0.25, 0.3) is 5.69 Å². The van der Waals surface area contributed by atoms with Crippen LogP contribution in [0.15, 0.2) is 54.9 Å². The van der Waals surface area contributed by atoms with Gasteiger partial charge in [-0.25, -0.2) is 0 Å². The third-order valence-corrected chi connectivity index (χ3v) is 6.92. The lowest BCUT2D eigenvalue weighted by Gasteiger charge is -2.41. The summed E-state index contributed by atoms with van der Waals surface area (Å²) in [6, 6.07) is 14.5. The van der Waals surface area contributed by atoms with Crippen LogP contribution in [0.4, 0.5) is 5.69 Å². The Morgan fingerprint density at radius 1 is 1.10 bits per heavy atom. The molecule has 3 aromatic rings. The Hall–Kier alpha value is -3.06. The highest BCUT2D eigenvalue weighted by Crippen LogP contribution is 2.50. The monoisotopic (exact) mass is 403 g/mol. The molecule has 2 saturated heterocycles. The van der Waals surface area contributed by atoms with Crippen LogP contribution in [-0.2, 0) is 17.3 Å². The number of para-hydroxylation sites is 2. The summed E-state index contributed by atoms with van der Waals surface area (Å²) in [7, 11) is 1.83. The molecule has 0 aliphatic carbocycles. The summed E-state index contributed by atoms with van der Waals surface area (Å²) >= 11 is 0. The molecule has 1 amide bonds. The number of anilines is 1. The number of aromatic nitrogens is 3. The van der Waals surface area contributed by atoms with Gasteiger partial charge in [0.05, 0.1) is 29.3 Å². The van der Waals surface area contributed by atoms with Crippen LogP contribution in [0.1, 0.15) is 35.4 Å². The minimum Gasteiger partial charge on any atom is -0.372 e. The fraction of sp³-hybridized carbons (Fsp3) is 0.391. The number of benzene rings is 1. The Bertz CT molecular complexity index is 1120. The summed E-state index contributed by atoms with van der Waals surface area (Å²) in [6.45, 7) is 2.03. The van der Waals surface area contributed by atoms with Crippen molar-refractivity contribution in [2.24, 2.45) is 7.05 Å². The molecule has 154 valence electrons. The van der Waals surface area contributed by atoms with E-state index in [0.717, 1.165) is 24.9 Å². The Morgan fingerprint density at radius 3 is 2.73 bits per heavy atom. The van der Waals surface area contributed by atoms with Crippen LogP contribution >= 0.6 is 0 Å². The van der Waals surface area contributed by atoms with Gasteiger partial charge in [-0.3, -0.25) is 9.48 Å². The Balaban J connectivity index is 1.23. The second-order valence-corrected chi connectivity index (χ2v) is 8.80. The molecule has 6 rings (SSSR count). The van der Waals surface area contributed by atoms with E-state index in [-0.39, 0.29) is 17.0 Å². The van der Waals surface area contributed by atoms with Gasteiger partial charge < -0.3 is 19.5 Å². The zero-order valence-corrected chi connectivity index (χ0v) is 17.0. The van der Waals surface area contributed by atoms with E-state index in [9.17, 15) is 4.79 Å². The first-order valence-corrected chi connectivity index (χ1v) is 10.6. The van der Waals surface area contributed by atoms with Gasteiger partial charge in [0.2, 0.25) is 0 Å². The van der Waals surface area contributed by atoms with Crippen molar-refractivity contribution in [3.63, 3.8) is 0 Å².